The molecule has 0 aliphatic rings. The molecule has 0 spiro atoms. The van der Waals surface area contributed by atoms with Crippen molar-refractivity contribution in [1.29, 1.82) is 0 Å². The Balaban J connectivity index is 2.82. The predicted molar refractivity (Wildman–Crippen MR) is 56.6 cm³/mol. The summed E-state index contributed by atoms with van der Waals surface area (Å²) >= 11 is -1.43. The quantitative estimate of drug-likeness (QED) is 0.694. The van der Waals surface area contributed by atoms with Crippen molar-refractivity contribution >= 4 is 19.4 Å². The van der Waals surface area contributed by atoms with E-state index in [2.05, 4.69) is 0 Å². The third kappa shape index (κ3) is 4.27. The molecule has 1 aromatic rings. The van der Waals surface area contributed by atoms with E-state index in [1.54, 1.807) is 24.3 Å². The topological polar surface area (TPSA) is 0 Å². The van der Waals surface area contributed by atoms with Crippen molar-refractivity contribution in [2.24, 2.45) is 0 Å². The molecule has 0 heterocycles. The number of benzene rings is 1. The van der Waals surface area contributed by atoms with Crippen LogP contribution in [0.5, 0.6) is 0 Å². The maximum absolute atomic E-state index is 12.1. The van der Waals surface area contributed by atoms with E-state index in [1.807, 2.05) is 20.8 Å². The van der Waals surface area contributed by atoms with Crippen LogP contribution in [0.25, 0.3) is 0 Å². The molecule has 0 saturated heterocycles. The summed E-state index contributed by atoms with van der Waals surface area (Å²) in [6.45, 7) is 6.12. The minimum atomic E-state index is -4.06. The summed E-state index contributed by atoms with van der Waals surface area (Å²) in [5.74, 6) is 0. The van der Waals surface area contributed by atoms with Crippen LogP contribution in [-0.4, -0.2) is 20.0 Å². The van der Waals surface area contributed by atoms with Crippen LogP contribution in [0.15, 0.2) is 24.3 Å². The average molecular weight is 281 g/mol. The average Bonchev–Trinajstić information content (AvgIpc) is 2.00. The van der Waals surface area contributed by atoms with Gasteiger partial charge < -0.3 is 0 Å². The Morgan fingerprint density at radius 2 is 1.40 bits per heavy atom. The van der Waals surface area contributed by atoms with Crippen molar-refractivity contribution in [3.63, 3.8) is 0 Å². The van der Waals surface area contributed by atoms with Gasteiger partial charge in [0.1, 0.15) is 0 Å². The molecule has 0 atom stereocenters. The molecule has 0 unspecified atom stereocenters. The summed E-state index contributed by atoms with van der Waals surface area (Å²) in [6, 6.07) is 6.72. The first-order valence-corrected chi connectivity index (χ1v) is 6.26. The Kier molecular flexibility index (Phi) is 3.51. The fraction of sp³-hybridized carbons (Fsp3) is 0.455. The Morgan fingerprint density at radius 3 is 1.73 bits per heavy atom. The fourth-order valence-electron chi connectivity index (χ4n) is 1.16. The zero-order valence-corrected chi connectivity index (χ0v) is 10.6. The molecular weight excluding hydrogens is 268 g/mol. The van der Waals surface area contributed by atoms with Crippen molar-refractivity contribution in [2.75, 3.05) is 0 Å². The molecule has 84 valence electrons. The number of alkyl halides is 3. The van der Waals surface area contributed by atoms with Gasteiger partial charge in [0.05, 0.1) is 0 Å². The van der Waals surface area contributed by atoms with E-state index in [9.17, 15) is 13.2 Å². The minimum absolute atomic E-state index is 0.0102. The molecule has 1 rings (SSSR count). The van der Waals surface area contributed by atoms with Crippen LogP contribution in [-0.2, 0) is 5.41 Å². The monoisotopic (exact) mass is 282 g/mol. The Bertz CT molecular complexity index is 319. The first-order valence-electron chi connectivity index (χ1n) is 4.55. The number of hydrogen-bond acceptors (Lipinski definition) is 0. The van der Waals surface area contributed by atoms with Crippen LogP contribution in [0.3, 0.4) is 0 Å². The van der Waals surface area contributed by atoms with Gasteiger partial charge in [-0.15, -0.1) is 0 Å². The van der Waals surface area contributed by atoms with E-state index >= 15 is 0 Å². The van der Waals surface area contributed by atoms with Crippen LogP contribution in [0.1, 0.15) is 26.3 Å². The molecule has 1 aromatic carbocycles. The second kappa shape index (κ2) is 4.18. The molecular formula is C11H13F3Se. The standard InChI is InChI=1S/C11H13F3Se/c1-10(2,3)8-4-6-9(7-5-8)15-11(12,13)14/h4-7H,1-3H3. The molecule has 0 fully saturated rings. The second-order valence-corrected chi connectivity index (χ2v) is 6.71. The van der Waals surface area contributed by atoms with E-state index in [1.165, 1.54) is 0 Å². The first kappa shape index (κ1) is 12.6. The van der Waals surface area contributed by atoms with Crippen LogP contribution in [0.4, 0.5) is 13.2 Å². The molecule has 0 nitrogen and oxygen atoms in total. The normalized spacial score (nSPS) is 12.9. The van der Waals surface area contributed by atoms with E-state index in [4.69, 9.17) is 0 Å². The van der Waals surface area contributed by atoms with Gasteiger partial charge in [-0.1, -0.05) is 0 Å². The number of hydrogen-bond donors (Lipinski definition) is 0. The Labute approximate surface area is 94.0 Å². The third-order valence-corrected chi connectivity index (χ3v) is 3.51. The zero-order chi connectivity index (χ0) is 11.7. The summed E-state index contributed by atoms with van der Waals surface area (Å²) in [4.78, 5) is 0. The van der Waals surface area contributed by atoms with Crippen molar-refractivity contribution < 1.29 is 13.2 Å². The second-order valence-electron chi connectivity index (χ2n) is 4.32. The van der Waals surface area contributed by atoms with Gasteiger partial charge in [-0.3, -0.25) is 0 Å². The van der Waals surface area contributed by atoms with Gasteiger partial charge in [-0.2, -0.15) is 0 Å². The Morgan fingerprint density at radius 1 is 0.933 bits per heavy atom. The summed E-state index contributed by atoms with van der Waals surface area (Å²) < 4.78 is 36.7. The summed E-state index contributed by atoms with van der Waals surface area (Å²) in [5.41, 5.74) is 1.05. The summed E-state index contributed by atoms with van der Waals surface area (Å²) in [6.07, 6.45) is 0. The van der Waals surface area contributed by atoms with Crippen molar-refractivity contribution in [2.45, 2.75) is 31.3 Å². The van der Waals surface area contributed by atoms with Crippen molar-refractivity contribution in [3.8, 4) is 0 Å². The van der Waals surface area contributed by atoms with Crippen LogP contribution >= 0.6 is 0 Å². The van der Waals surface area contributed by atoms with Crippen LogP contribution in [0, 0.1) is 0 Å². The summed E-state index contributed by atoms with van der Waals surface area (Å²) in [7, 11) is 0. The van der Waals surface area contributed by atoms with E-state index in [0.717, 1.165) is 5.56 Å². The predicted octanol–water partition coefficient (Wildman–Crippen LogP) is 2.83. The third-order valence-electron chi connectivity index (χ3n) is 1.95. The van der Waals surface area contributed by atoms with Gasteiger partial charge >= 0.3 is 93.7 Å². The van der Waals surface area contributed by atoms with Crippen molar-refractivity contribution in [1.82, 2.24) is 0 Å². The van der Waals surface area contributed by atoms with Gasteiger partial charge in [-0.05, 0) is 0 Å². The molecule has 0 bridgehead atoms. The van der Waals surface area contributed by atoms with Crippen LogP contribution < -0.4 is 4.46 Å². The maximum atomic E-state index is 12.1. The molecule has 15 heavy (non-hydrogen) atoms. The summed E-state index contributed by atoms with van der Waals surface area (Å²) in [5, 5.41) is -4.06. The molecule has 4 heteroatoms. The molecule has 0 saturated carbocycles. The van der Waals surface area contributed by atoms with E-state index < -0.39 is 20.0 Å². The number of rotatable bonds is 1. The van der Waals surface area contributed by atoms with E-state index in [0.29, 0.717) is 4.46 Å². The molecule has 0 radical (unpaired) electrons. The van der Waals surface area contributed by atoms with Gasteiger partial charge in [0.15, 0.2) is 0 Å². The molecule has 0 amide bonds. The van der Waals surface area contributed by atoms with Gasteiger partial charge in [-0.25, -0.2) is 0 Å². The van der Waals surface area contributed by atoms with Crippen molar-refractivity contribution in [3.05, 3.63) is 29.8 Å². The van der Waals surface area contributed by atoms with Gasteiger partial charge in [0.2, 0.25) is 0 Å². The molecule has 0 aliphatic heterocycles. The molecule has 0 aromatic heterocycles. The van der Waals surface area contributed by atoms with E-state index in [-0.39, 0.29) is 5.41 Å². The van der Waals surface area contributed by atoms with Crippen LogP contribution in [0.2, 0.25) is 0 Å². The number of halogens is 3. The Hall–Kier alpha value is -0.471. The van der Waals surface area contributed by atoms with Gasteiger partial charge in [0, 0.05) is 0 Å². The zero-order valence-electron chi connectivity index (χ0n) is 8.85. The molecule has 0 aliphatic carbocycles. The SMILES string of the molecule is CC(C)(C)c1ccc([Se]C(F)(F)F)cc1. The fourth-order valence-corrected chi connectivity index (χ4v) is 2.29. The van der Waals surface area contributed by atoms with Gasteiger partial charge in [0.25, 0.3) is 0 Å². The molecule has 0 N–H and O–H groups in total. The first-order chi connectivity index (χ1) is 6.68.